The summed E-state index contributed by atoms with van der Waals surface area (Å²) in [6.07, 6.45) is 0. The minimum absolute atomic E-state index is 0.0242. The summed E-state index contributed by atoms with van der Waals surface area (Å²) < 4.78 is 0. The van der Waals surface area contributed by atoms with Gasteiger partial charge in [-0.15, -0.1) is 5.54 Å². The minimum atomic E-state index is -1.45. The van der Waals surface area contributed by atoms with E-state index in [0.29, 0.717) is 11.3 Å². The van der Waals surface area contributed by atoms with Gasteiger partial charge in [0.25, 0.3) is 0 Å². The molecule has 2 nitrogen and oxygen atoms in total. The van der Waals surface area contributed by atoms with Crippen LogP contribution in [-0.4, -0.2) is 13.1 Å². The molecule has 0 atom stereocenters. The molecule has 1 rings (SSSR count). The van der Waals surface area contributed by atoms with Crippen LogP contribution in [-0.2, 0) is 5.41 Å². The molecule has 18 heavy (non-hydrogen) atoms. The predicted octanol–water partition coefficient (Wildman–Crippen LogP) is 3.48. The summed E-state index contributed by atoms with van der Waals surface area (Å²) in [7, 11) is -1.45. The van der Waals surface area contributed by atoms with Gasteiger partial charge in [-0.2, -0.15) is 5.26 Å². The van der Waals surface area contributed by atoms with Gasteiger partial charge in [0.1, 0.15) is 19.8 Å². The fourth-order valence-corrected chi connectivity index (χ4v) is 1.80. The third-order valence-corrected chi connectivity index (χ3v) is 3.22. The van der Waals surface area contributed by atoms with Crippen LogP contribution < -0.4 is 0 Å². The van der Waals surface area contributed by atoms with Crippen LogP contribution in [0.1, 0.15) is 37.7 Å². The fraction of sp³-hybridized carbons (Fsp3) is 0.467. The van der Waals surface area contributed by atoms with Crippen LogP contribution in [0.5, 0.6) is 0 Å². The molecule has 0 aromatic carbocycles. The summed E-state index contributed by atoms with van der Waals surface area (Å²) in [5.41, 5.74) is 5.40. The van der Waals surface area contributed by atoms with E-state index in [9.17, 15) is 0 Å². The standard InChI is InChI=1S/C15H20N2Si/c1-15(2,3)14-8-7-12(11-16)13(17-14)9-10-18(4,5)6/h7-8H,1-6H3. The number of hydrogen-bond acceptors (Lipinski definition) is 2. The highest BCUT2D eigenvalue weighted by Gasteiger charge is 2.17. The molecule has 1 heterocycles. The van der Waals surface area contributed by atoms with Gasteiger partial charge in [-0.3, -0.25) is 0 Å². The number of aromatic nitrogens is 1. The van der Waals surface area contributed by atoms with E-state index < -0.39 is 8.07 Å². The lowest BCUT2D eigenvalue weighted by atomic mass is 9.91. The first kappa shape index (κ1) is 14.5. The third kappa shape index (κ3) is 4.02. The SMILES string of the molecule is CC(C)(C)c1ccc(C#N)c(C#C[Si](C)(C)C)n1. The molecule has 0 aliphatic heterocycles. The average Bonchev–Trinajstić information content (AvgIpc) is 2.23. The van der Waals surface area contributed by atoms with Crippen LogP contribution >= 0.6 is 0 Å². The van der Waals surface area contributed by atoms with E-state index in [1.807, 2.05) is 12.1 Å². The molecule has 1 aromatic heterocycles. The van der Waals surface area contributed by atoms with E-state index in [2.05, 4.69) is 62.9 Å². The quantitative estimate of drug-likeness (QED) is 0.526. The molecule has 3 heteroatoms. The summed E-state index contributed by atoms with van der Waals surface area (Å²) in [4.78, 5) is 4.54. The summed E-state index contributed by atoms with van der Waals surface area (Å²) in [6, 6.07) is 5.90. The van der Waals surface area contributed by atoms with Gasteiger partial charge in [0.15, 0.2) is 0 Å². The number of pyridine rings is 1. The van der Waals surface area contributed by atoms with Crippen molar-refractivity contribution in [2.45, 2.75) is 45.8 Å². The zero-order valence-corrected chi connectivity index (χ0v) is 13.0. The molecule has 0 radical (unpaired) electrons. The lowest BCUT2D eigenvalue weighted by molar-refractivity contribution is 0.568. The normalized spacial score (nSPS) is 11.4. The van der Waals surface area contributed by atoms with Crippen molar-refractivity contribution in [2.24, 2.45) is 0 Å². The van der Waals surface area contributed by atoms with Gasteiger partial charge < -0.3 is 0 Å². The summed E-state index contributed by atoms with van der Waals surface area (Å²) in [5.74, 6) is 3.09. The van der Waals surface area contributed by atoms with Crippen molar-refractivity contribution in [1.29, 1.82) is 5.26 Å². The van der Waals surface area contributed by atoms with Gasteiger partial charge in [0.2, 0.25) is 0 Å². The Hall–Kier alpha value is -1.58. The summed E-state index contributed by atoms with van der Waals surface area (Å²) in [5, 5.41) is 9.10. The Bertz CT molecular complexity index is 543. The van der Waals surface area contributed by atoms with Crippen LogP contribution in [0.3, 0.4) is 0 Å². The Labute approximate surface area is 111 Å². The van der Waals surface area contributed by atoms with Crippen molar-refractivity contribution < 1.29 is 0 Å². The second-order valence-corrected chi connectivity index (χ2v) is 11.2. The Balaban J connectivity index is 3.32. The first-order valence-corrected chi connectivity index (χ1v) is 9.58. The van der Waals surface area contributed by atoms with Crippen molar-refractivity contribution in [3.05, 3.63) is 29.1 Å². The highest BCUT2D eigenvalue weighted by molar-refractivity contribution is 6.83. The molecule has 0 bridgehead atoms. The van der Waals surface area contributed by atoms with Crippen LogP contribution in [0.2, 0.25) is 19.6 Å². The summed E-state index contributed by atoms with van der Waals surface area (Å²) in [6.45, 7) is 12.9. The van der Waals surface area contributed by atoms with Crippen LogP contribution in [0.25, 0.3) is 0 Å². The van der Waals surface area contributed by atoms with Gasteiger partial charge in [-0.05, 0) is 12.1 Å². The molecule has 0 aliphatic carbocycles. The zero-order chi connectivity index (χ0) is 14.0. The van der Waals surface area contributed by atoms with Crippen molar-refractivity contribution in [3.8, 4) is 17.5 Å². The molecule has 0 unspecified atom stereocenters. The number of rotatable bonds is 0. The molecule has 0 spiro atoms. The molecule has 0 saturated heterocycles. The van der Waals surface area contributed by atoms with Gasteiger partial charge in [-0.1, -0.05) is 46.3 Å². The van der Waals surface area contributed by atoms with Crippen LogP contribution in [0.15, 0.2) is 12.1 Å². The highest BCUT2D eigenvalue weighted by Crippen LogP contribution is 2.21. The zero-order valence-electron chi connectivity index (χ0n) is 12.0. The van der Waals surface area contributed by atoms with E-state index in [4.69, 9.17) is 5.26 Å². The van der Waals surface area contributed by atoms with E-state index in [1.54, 1.807) is 0 Å². The van der Waals surface area contributed by atoms with Crippen molar-refractivity contribution in [1.82, 2.24) is 4.98 Å². The molecule has 0 fully saturated rings. The smallest absolute Gasteiger partial charge is 0.130 e. The molecule has 0 amide bonds. The van der Waals surface area contributed by atoms with Crippen LogP contribution in [0, 0.1) is 22.8 Å². The predicted molar refractivity (Wildman–Crippen MR) is 77.9 cm³/mol. The minimum Gasteiger partial charge on any atom is -0.242 e. The number of nitriles is 1. The average molecular weight is 256 g/mol. The molecule has 1 aromatic rings. The maximum atomic E-state index is 9.10. The van der Waals surface area contributed by atoms with Crippen molar-refractivity contribution in [3.63, 3.8) is 0 Å². The maximum absolute atomic E-state index is 9.10. The van der Waals surface area contributed by atoms with Crippen LogP contribution in [0.4, 0.5) is 0 Å². The largest absolute Gasteiger partial charge is 0.242 e. The second-order valence-electron chi connectivity index (χ2n) is 6.45. The fourth-order valence-electron chi connectivity index (χ4n) is 1.31. The third-order valence-electron chi connectivity index (χ3n) is 2.34. The van der Waals surface area contributed by atoms with E-state index >= 15 is 0 Å². The molecule has 0 N–H and O–H groups in total. The Kier molecular flexibility index (Phi) is 3.99. The molecular formula is C15H20N2Si. The molecule has 0 aliphatic rings. The summed E-state index contributed by atoms with van der Waals surface area (Å²) >= 11 is 0. The second kappa shape index (κ2) is 4.96. The molecular weight excluding hydrogens is 236 g/mol. The van der Waals surface area contributed by atoms with E-state index in [1.165, 1.54) is 0 Å². The van der Waals surface area contributed by atoms with Crippen molar-refractivity contribution in [2.75, 3.05) is 0 Å². The first-order valence-electron chi connectivity index (χ1n) is 6.08. The Morgan fingerprint density at radius 1 is 1.17 bits per heavy atom. The van der Waals surface area contributed by atoms with Gasteiger partial charge in [0.05, 0.1) is 5.56 Å². The van der Waals surface area contributed by atoms with E-state index in [-0.39, 0.29) is 5.41 Å². The topological polar surface area (TPSA) is 36.7 Å². The first-order chi connectivity index (χ1) is 8.13. The maximum Gasteiger partial charge on any atom is 0.130 e. The van der Waals surface area contributed by atoms with Gasteiger partial charge >= 0.3 is 0 Å². The monoisotopic (exact) mass is 256 g/mol. The lowest BCUT2D eigenvalue weighted by Gasteiger charge is -2.17. The molecule has 0 saturated carbocycles. The number of nitrogens with zero attached hydrogens (tertiary/aromatic N) is 2. The lowest BCUT2D eigenvalue weighted by Crippen LogP contribution is -2.17. The Morgan fingerprint density at radius 2 is 1.78 bits per heavy atom. The Morgan fingerprint density at radius 3 is 2.22 bits per heavy atom. The highest BCUT2D eigenvalue weighted by atomic mass is 28.3. The van der Waals surface area contributed by atoms with Crippen molar-refractivity contribution >= 4 is 8.07 Å². The van der Waals surface area contributed by atoms with E-state index in [0.717, 1.165) is 5.69 Å². The molecule has 94 valence electrons. The van der Waals surface area contributed by atoms with Gasteiger partial charge in [0, 0.05) is 11.1 Å². The number of hydrogen-bond donors (Lipinski definition) is 0. The van der Waals surface area contributed by atoms with Gasteiger partial charge in [-0.25, -0.2) is 4.98 Å².